The van der Waals surface area contributed by atoms with Crippen molar-refractivity contribution in [2.24, 2.45) is 0 Å². The zero-order valence-electron chi connectivity index (χ0n) is 19.9. The SMILES string of the molecule is CCCCCCCCCCCCCCc1cccc(C(=O)C=Cc2ccc(C)cc2)c1. The molecule has 0 saturated carbocycles. The number of rotatable bonds is 16. The van der Waals surface area contributed by atoms with E-state index in [2.05, 4.69) is 38.1 Å². The van der Waals surface area contributed by atoms with Crippen molar-refractivity contribution in [2.45, 2.75) is 97.3 Å². The van der Waals surface area contributed by atoms with Crippen LogP contribution in [0.4, 0.5) is 0 Å². The van der Waals surface area contributed by atoms with Gasteiger partial charge in [-0.25, -0.2) is 0 Å². The predicted molar refractivity (Wildman–Crippen MR) is 136 cm³/mol. The summed E-state index contributed by atoms with van der Waals surface area (Å²) in [5, 5.41) is 0. The Morgan fingerprint density at radius 1 is 0.742 bits per heavy atom. The van der Waals surface area contributed by atoms with Crippen LogP contribution in [0.5, 0.6) is 0 Å². The summed E-state index contributed by atoms with van der Waals surface area (Å²) in [7, 11) is 0. The number of benzene rings is 2. The maximum atomic E-state index is 12.5. The van der Waals surface area contributed by atoms with E-state index in [4.69, 9.17) is 0 Å². The smallest absolute Gasteiger partial charge is 0.185 e. The number of carbonyl (C=O) groups excluding carboxylic acids is 1. The van der Waals surface area contributed by atoms with Gasteiger partial charge in [0.05, 0.1) is 0 Å². The Bertz CT molecular complexity index is 769. The Balaban J connectivity index is 1.60. The summed E-state index contributed by atoms with van der Waals surface area (Å²) < 4.78 is 0. The molecular weight excluding hydrogens is 376 g/mol. The molecule has 0 spiro atoms. The molecule has 0 radical (unpaired) electrons. The first-order chi connectivity index (χ1) is 15.2. The van der Waals surface area contributed by atoms with Crippen LogP contribution in [0.25, 0.3) is 6.08 Å². The van der Waals surface area contributed by atoms with Crippen LogP contribution < -0.4 is 0 Å². The molecule has 0 N–H and O–H groups in total. The first kappa shape index (κ1) is 25.1. The van der Waals surface area contributed by atoms with Gasteiger partial charge in [-0.15, -0.1) is 0 Å². The molecule has 0 bridgehead atoms. The summed E-state index contributed by atoms with van der Waals surface area (Å²) in [5.74, 6) is 0.0807. The molecule has 0 aromatic heterocycles. The zero-order chi connectivity index (χ0) is 22.2. The number of hydrogen-bond acceptors (Lipinski definition) is 1. The van der Waals surface area contributed by atoms with E-state index < -0.39 is 0 Å². The standard InChI is InChI=1S/C30H42O/c1-3-4-5-6-7-8-9-10-11-12-13-14-16-28-17-15-18-29(25-28)30(31)24-23-27-21-19-26(2)20-22-27/h15,17-25H,3-14,16H2,1-2H3. The molecule has 2 aromatic carbocycles. The number of hydrogen-bond donors (Lipinski definition) is 0. The number of ketones is 1. The Morgan fingerprint density at radius 2 is 1.32 bits per heavy atom. The molecule has 1 nitrogen and oxygen atoms in total. The van der Waals surface area contributed by atoms with Gasteiger partial charge in [-0.3, -0.25) is 4.79 Å². The second-order valence-electron chi connectivity index (χ2n) is 8.95. The molecule has 0 amide bonds. The minimum atomic E-state index is 0.0807. The number of allylic oxidation sites excluding steroid dienone is 1. The van der Waals surface area contributed by atoms with E-state index in [0.717, 1.165) is 17.5 Å². The van der Waals surface area contributed by atoms with Crippen molar-refractivity contribution < 1.29 is 4.79 Å². The Labute approximate surface area is 191 Å². The van der Waals surface area contributed by atoms with E-state index in [1.807, 2.05) is 30.3 Å². The van der Waals surface area contributed by atoms with Crippen LogP contribution in [0.3, 0.4) is 0 Å². The van der Waals surface area contributed by atoms with Gasteiger partial charge in [-0.2, -0.15) is 0 Å². The monoisotopic (exact) mass is 418 g/mol. The molecule has 0 atom stereocenters. The molecule has 0 saturated heterocycles. The molecule has 2 rings (SSSR count). The Kier molecular flexibility index (Phi) is 12.7. The predicted octanol–water partition coefficient (Wildman–Crippen LogP) is 9.13. The van der Waals surface area contributed by atoms with E-state index >= 15 is 0 Å². The van der Waals surface area contributed by atoms with Crippen LogP contribution in [-0.4, -0.2) is 5.78 Å². The summed E-state index contributed by atoms with van der Waals surface area (Å²) in [6.45, 7) is 4.35. The largest absolute Gasteiger partial charge is 0.289 e. The average molecular weight is 419 g/mol. The molecule has 0 aliphatic heterocycles. The highest BCUT2D eigenvalue weighted by Crippen LogP contribution is 2.15. The minimum absolute atomic E-state index is 0.0807. The van der Waals surface area contributed by atoms with Gasteiger partial charge >= 0.3 is 0 Å². The Hall–Kier alpha value is -2.15. The van der Waals surface area contributed by atoms with Crippen molar-refractivity contribution in [2.75, 3.05) is 0 Å². The van der Waals surface area contributed by atoms with E-state index in [9.17, 15) is 4.79 Å². The highest BCUT2D eigenvalue weighted by atomic mass is 16.1. The summed E-state index contributed by atoms with van der Waals surface area (Å²) in [5.41, 5.74) is 4.36. The van der Waals surface area contributed by atoms with Gasteiger partial charge in [0.15, 0.2) is 5.78 Å². The van der Waals surface area contributed by atoms with Crippen LogP contribution in [0.15, 0.2) is 54.6 Å². The van der Waals surface area contributed by atoms with Gasteiger partial charge < -0.3 is 0 Å². The van der Waals surface area contributed by atoms with Crippen LogP contribution in [0.2, 0.25) is 0 Å². The van der Waals surface area contributed by atoms with Crippen LogP contribution in [0.1, 0.15) is 111 Å². The topological polar surface area (TPSA) is 17.1 Å². The fraction of sp³-hybridized carbons (Fsp3) is 0.500. The molecule has 0 aliphatic carbocycles. The number of unbranched alkanes of at least 4 members (excludes halogenated alkanes) is 11. The third-order valence-corrected chi connectivity index (χ3v) is 6.04. The van der Waals surface area contributed by atoms with Crippen molar-refractivity contribution >= 4 is 11.9 Å². The number of aryl methyl sites for hydroxylation is 2. The maximum absolute atomic E-state index is 12.5. The first-order valence-corrected chi connectivity index (χ1v) is 12.6. The minimum Gasteiger partial charge on any atom is -0.289 e. The average Bonchev–Trinajstić information content (AvgIpc) is 2.79. The highest BCUT2D eigenvalue weighted by Gasteiger charge is 2.03. The molecule has 0 aliphatic rings. The first-order valence-electron chi connectivity index (χ1n) is 12.6. The van der Waals surface area contributed by atoms with Gasteiger partial charge in [0, 0.05) is 5.56 Å². The highest BCUT2D eigenvalue weighted by molar-refractivity contribution is 6.06. The van der Waals surface area contributed by atoms with Crippen LogP contribution >= 0.6 is 0 Å². The molecule has 0 fully saturated rings. The third kappa shape index (κ3) is 11.2. The zero-order valence-corrected chi connectivity index (χ0v) is 19.9. The van der Waals surface area contributed by atoms with Gasteiger partial charge in [0.2, 0.25) is 0 Å². The second kappa shape index (κ2) is 15.6. The summed E-state index contributed by atoms with van der Waals surface area (Å²) in [6.07, 6.45) is 21.1. The fourth-order valence-electron chi connectivity index (χ4n) is 4.00. The normalized spacial score (nSPS) is 11.3. The van der Waals surface area contributed by atoms with Crippen molar-refractivity contribution in [3.05, 3.63) is 76.9 Å². The Morgan fingerprint density at radius 3 is 1.94 bits per heavy atom. The summed E-state index contributed by atoms with van der Waals surface area (Å²) in [4.78, 5) is 12.5. The van der Waals surface area contributed by atoms with Crippen LogP contribution in [0, 0.1) is 6.92 Å². The van der Waals surface area contributed by atoms with Gasteiger partial charge in [0.25, 0.3) is 0 Å². The number of carbonyl (C=O) groups is 1. The van der Waals surface area contributed by atoms with E-state index in [1.54, 1.807) is 6.08 Å². The summed E-state index contributed by atoms with van der Waals surface area (Å²) >= 11 is 0. The van der Waals surface area contributed by atoms with E-state index in [0.29, 0.717) is 0 Å². The maximum Gasteiger partial charge on any atom is 0.185 e. The summed E-state index contributed by atoms with van der Waals surface area (Å²) in [6, 6.07) is 16.4. The third-order valence-electron chi connectivity index (χ3n) is 6.04. The van der Waals surface area contributed by atoms with E-state index in [-0.39, 0.29) is 5.78 Å². The van der Waals surface area contributed by atoms with Crippen molar-refractivity contribution in [1.29, 1.82) is 0 Å². The van der Waals surface area contributed by atoms with Crippen molar-refractivity contribution in [3.63, 3.8) is 0 Å². The van der Waals surface area contributed by atoms with Gasteiger partial charge in [-0.1, -0.05) is 132 Å². The van der Waals surface area contributed by atoms with Crippen molar-refractivity contribution in [1.82, 2.24) is 0 Å². The second-order valence-corrected chi connectivity index (χ2v) is 8.95. The molecule has 0 unspecified atom stereocenters. The lowest BCUT2D eigenvalue weighted by Crippen LogP contribution is -1.96. The molecule has 1 heteroatoms. The molecule has 2 aromatic rings. The quantitative estimate of drug-likeness (QED) is 0.151. The lowest BCUT2D eigenvalue weighted by molar-refractivity contribution is 0.104. The molecule has 31 heavy (non-hydrogen) atoms. The van der Waals surface area contributed by atoms with Gasteiger partial charge in [0.1, 0.15) is 0 Å². The van der Waals surface area contributed by atoms with Crippen molar-refractivity contribution in [3.8, 4) is 0 Å². The van der Waals surface area contributed by atoms with Crippen LogP contribution in [-0.2, 0) is 6.42 Å². The lowest BCUT2D eigenvalue weighted by Gasteiger charge is -2.05. The fourth-order valence-corrected chi connectivity index (χ4v) is 4.00. The molecule has 168 valence electrons. The molecular formula is C30H42O. The van der Waals surface area contributed by atoms with Gasteiger partial charge in [-0.05, 0) is 43.0 Å². The van der Waals surface area contributed by atoms with E-state index in [1.165, 1.54) is 88.2 Å². The lowest BCUT2D eigenvalue weighted by atomic mass is 10.0. The molecule has 0 heterocycles.